The van der Waals surface area contributed by atoms with Crippen LogP contribution >= 0.6 is 47.2 Å². The minimum Gasteiger partial charge on any atom is -0.508 e. The number of phenols is 1. The van der Waals surface area contributed by atoms with Crippen LogP contribution in [0, 0.1) is 17.3 Å². The smallest absolute Gasteiger partial charge is 0.302 e. The summed E-state index contributed by atoms with van der Waals surface area (Å²) in [7, 11) is 0. The molecule has 4 rings (SSSR count). The summed E-state index contributed by atoms with van der Waals surface area (Å²) in [5, 5.41) is 9.75. The van der Waals surface area contributed by atoms with Gasteiger partial charge in [-0.3, -0.25) is 9.69 Å². The molecule has 1 N–H and O–H groups in total. The average molecular weight is 555 g/mol. The number of hydrogen-bond acceptors (Lipinski definition) is 4. The highest BCUT2D eigenvalue weighted by molar-refractivity contribution is 6.18. The Balaban J connectivity index is 0.000000320. The van der Waals surface area contributed by atoms with Gasteiger partial charge < -0.3 is 9.84 Å². The van der Waals surface area contributed by atoms with E-state index < -0.39 is 0 Å². The predicted molar refractivity (Wildman–Crippen MR) is 144 cm³/mol. The number of aromatic hydroxyl groups is 1. The van der Waals surface area contributed by atoms with Gasteiger partial charge in [0.15, 0.2) is 0 Å². The molecule has 3 aliphatic rings. The number of rotatable bonds is 7. The lowest BCUT2D eigenvalue weighted by molar-refractivity contribution is -0.154. The molecular formula is C26H39Cl4NO3. The Kier molecular flexibility index (Phi) is 12.1. The van der Waals surface area contributed by atoms with E-state index in [2.05, 4.69) is 17.9 Å². The van der Waals surface area contributed by atoms with Crippen molar-refractivity contribution in [3.63, 3.8) is 0 Å². The molecule has 0 saturated heterocycles. The van der Waals surface area contributed by atoms with Crippen LogP contribution in [0.2, 0.25) is 0 Å². The van der Waals surface area contributed by atoms with E-state index in [-0.39, 0.29) is 29.9 Å². The monoisotopic (exact) mass is 553 g/mol. The molecule has 0 aromatic heterocycles. The van der Waals surface area contributed by atoms with Crippen molar-refractivity contribution < 1.29 is 14.6 Å². The molecule has 194 valence electrons. The second kappa shape index (κ2) is 13.8. The van der Waals surface area contributed by atoms with Gasteiger partial charge >= 0.3 is 5.97 Å². The lowest BCUT2D eigenvalue weighted by Crippen LogP contribution is -2.45. The van der Waals surface area contributed by atoms with Crippen LogP contribution in [-0.4, -0.2) is 59.4 Å². The number of aryl methyl sites for hydroxylation is 1. The van der Waals surface area contributed by atoms with E-state index in [0.29, 0.717) is 41.1 Å². The first-order valence-corrected chi connectivity index (χ1v) is 13.8. The van der Waals surface area contributed by atoms with Crippen molar-refractivity contribution in [3.05, 3.63) is 29.3 Å². The number of alkyl halides is 3. The molecule has 3 aliphatic carbocycles. The van der Waals surface area contributed by atoms with E-state index in [9.17, 15) is 9.90 Å². The second-order valence-corrected chi connectivity index (χ2v) is 11.1. The Morgan fingerprint density at radius 1 is 1.09 bits per heavy atom. The molecule has 4 nitrogen and oxygen atoms in total. The van der Waals surface area contributed by atoms with Crippen LogP contribution in [0.1, 0.15) is 63.0 Å². The van der Waals surface area contributed by atoms with E-state index in [1.54, 1.807) is 0 Å². The number of hydrogen-bond donors (Lipinski definition) is 1. The second-order valence-electron chi connectivity index (χ2n) is 9.93. The zero-order valence-corrected chi connectivity index (χ0v) is 23.4. The lowest BCUT2D eigenvalue weighted by atomic mass is 9.55. The first-order valence-electron chi connectivity index (χ1n) is 12.2. The Bertz CT molecular complexity index is 781. The Labute approximate surface area is 226 Å². The third-order valence-electron chi connectivity index (χ3n) is 8.13. The summed E-state index contributed by atoms with van der Waals surface area (Å²) in [6, 6.07) is 5.93. The molecular weight excluding hydrogens is 516 g/mol. The standard InChI is InChI=1S/C20H26O3.C6H12Cl3N.ClH/c1-12(21)23-19-8-7-18-17-5-3-13-11-14(22)4-6-15(13)16(17)9-10-20(18,19)2;7-1-4-10(5-2-8)6-3-9;/h4,6,11,16-19,22H,3,5,7-10H2,1-2H3;1-6H2;1H. The number of carbonyl (C=O) groups excluding carboxylic acids is 1. The fourth-order valence-corrected chi connectivity index (χ4v) is 7.33. The van der Waals surface area contributed by atoms with Gasteiger partial charge in [-0.15, -0.1) is 47.2 Å². The molecule has 0 spiro atoms. The number of nitrogens with zero attached hydrogens (tertiary/aromatic N) is 1. The van der Waals surface area contributed by atoms with Gasteiger partial charge in [-0.2, -0.15) is 0 Å². The van der Waals surface area contributed by atoms with Gasteiger partial charge in [0.05, 0.1) is 0 Å². The van der Waals surface area contributed by atoms with Crippen LogP contribution in [0.25, 0.3) is 0 Å². The van der Waals surface area contributed by atoms with Crippen LogP contribution in [0.3, 0.4) is 0 Å². The quantitative estimate of drug-likeness (QED) is 0.304. The molecule has 0 heterocycles. The molecule has 8 heteroatoms. The lowest BCUT2D eigenvalue weighted by Gasteiger charge is -2.50. The molecule has 5 unspecified atom stereocenters. The predicted octanol–water partition coefficient (Wildman–Crippen LogP) is 6.61. The molecule has 0 bridgehead atoms. The molecule has 5 atom stereocenters. The first-order chi connectivity index (χ1) is 15.8. The summed E-state index contributed by atoms with van der Waals surface area (Å²) in [5.74, 6) is 4.17. The highest BCUT2D eigenvalue weighted by Crippen LogP contribution is 2.61. The minimum absolute atomic E-state index is 0. The van der Waals surface area contributed by atoms with Gasteiger partial charge in [0.25, 0.3) is 0 Å². The number of carbonyl (C=O) groups is 1. The van der Waals surface area contributed by atoms with E-state index in [1.807, 2.05) is 12.1 Å². The molecule has 34 heavy (non-hydrogen) atoms. The molecule has 0 aliphatic heterocycles. The van der Waals surface area contributed by atoms with Crippen molar-refractivity contribution in [2.75, 3.05) is 37.3 Å². The van der Waals surface area contributed by atoms with Crippen LogP contribution in [-0.2, 0) is 16.0 Å². The van der Waals surface area contributed by atoms with Crippen molar-refractivity contribution in [1.82, 2.24) is 4.90 Å². The zero-order chi connectivity index (χ0) is 24.0. The summed E-state index contributed by atoms with van der Waals surface area (Å²) in [6.07, 6.45) is 6.89. The van der Waals surface area contributed by atoms with Crippen molar-refractivity contribution in [2.45, 2.75) is 64.4 Å². The summed E-state index contributed by atoms with van der Waals surface area (Å²) in [6.45, 7) is 6.51. The van der Waals surface area contributed by atoms with Crippen LogP contribution in [0.4, 0.5) is 0 Å². The maximum Gasteiger partial charge on any atom is 0.302 e. The van der Waals surface area contributed by atoms with Crippen molar-refractivity contribution in [3.8, 4) is 5.75 Å². The number of benzene rings is 1. The van der Waals surface area contributed by atoms with Gasteiger partial charge in [-0.25, -0.2) is 0 Å². The van der Waals surface area contributed by atoms with Gasteiger partial charge in [-0.1, -0.05) is 13.0 Å². The highest BCUT2D eigenvalue weighted by atomic mass is 35.5. The maximum atomic E-state index is 11.4. The van der Waals surface area contributed by atoms with Crippen molar-refractivity contribution >= 4 is 53.2 Å². The number of ether oxygens (including phenoxy) is 1. The van der Waals surface area contributed by atoms with E-state index in [1.165, 1.54) is 37.3 Å². The van der Waals surface area contributed by atoms with Crippen LogP contribution in [0.15, 0.2) is 18.2 Å². The Morgan fingerprint density at radius 2 is 1.74 bits per heavy atom. The number of fused-ring (bicyclic) bond motifs is 5. The largest absolute Gasteiger partial charge is 0.508 e. The Morgan fingerprint density at radius 3 is 2.32 bits per heavy atom. The summed E-state index contributed by atoms with van der Waals surface area (Å²) < 4.78 is 5.68. The molecule has 2 saturated carbocycles. The fourth-order valence-electron chi connectivity index (χ4n) is 6.61. The van der Waals surface area contributed by atoms with Gasteiger partial charge in [-0.05, 0) is 79.5 Å². The first kappa shape index (κ1) is 29.8. The van der Waals surface area contributed by atoms with E-state index in [0.717, 1.165) is 38.9 Å². The van der Waals surface area contributed by atoms with E-state index >= 15 is 0 Å². The summed E-state index contributed by atoms with van der Waals surface area (Å²) in [5.41, 5.74) is 2.95. The van der Waals surface area contributed by atoms with Crippen LogP contribution in [0.5, 0.6) is 5.75 Å². The number of halogens is 4. The number of esters is 1. The molecule has 0 radical (unpaired) electrons. The topological polar surface area (TPSA) is 49.8 Å². The molecule has 2 fully saturated rings. The third-order valence-corrected chi connectivity index (χ3v) is 8.64. The highest BCUT2D eigenvalue weighted by Gasteiger charge is 2.56. The number of phenolic OH excluding ortho intramolecular Hbond substituents is 1. The molecule has 1 aromatic carbocycles. The van der Waals surface area contributed by atoms with Gasteiger partial charge in [0.2, 0.25) is 0 Å². The van der Waals surface area contributed by atoms with Crippen molar-refractivity contribution in [1.29, 1.82) is 0 Å². The SMILES string of the molecule is CC(=O)OC1CCC2C3CCc4cc(O)ccc4C3CCC12C.Cl.ClCCN(CCCl)CCCl. The molecule has 0 amide bonds. The van der Waals surface area contributed by atoms with Gasteiger partial charge in [0, 0.05) is 49.6 Å². The van der Waals surface area contributed by atoms with Crippen LogP contribution < -0.4 is 0 Å². The summed E-state index contributed by atoms with van der Waals surface area (Å²) in [4.78, 5) is 13.6. The third kappa shape index (κ3) is 6.88. The Hall–Kier alpha value is -0.390. The minimum atomic E-state index is -0.136. The van der Waals surface area contributed by atoms with Crippen molar-refractivity contribution in [2.24, 2.45) is 17.3 Å². The zero-order valence-electron chi connectivity index (χ0n) is 20.3. The molecule has 1 aromatic rings. The average Bonchev–Trinajstić information content (AvgIpc) is 3.10. The maximum absolute atomic E-state index is 11.4. The van der Waals surface area contributed by atoms with Gasteiger partial charge in [0.1, 0.15) is 11.9 Å². The fraction of sp³-hybridized carbons (Fsp3) is 0.731. The normalized spacial score (nSPS) is 29.1. The summed E-state index contributed by atoms with van der Waals surface area (Å²) >= 11 is 16.6. The van der Waals surface area contributed by atoms with E-state index in [4.69, 9.17) is 39.5 Å².